The molecule has 0 fully saturated rings. The molecule has 0 radical (unpaired) electrons. The highest BCUT2D eigenvalue weighted by atomic mass is 32.2. The Kier molecular flexibility index (Phi) is 4.48. The van der Waals surface area contributed by atoms with Crippen molar-refractivity contribution in [3.63, 3.8) is 0 Å². The van der Waals surface area contributed by atoms with Crippen LogP contribution in [0.4, 0.5) is 5.69 Å². The van der Waals surface area contributed by atoms with Crippen molar-refractivity contribution in [2.45, 2.75) is 29.8 Å². The van der Waals surface area contributed by atoms with E-state index in [9.17, 15) is 0 Å². The largest absolute Gasteiger partial charge is 0.275 e. The molecule has 1 aliphatic heterocycles. The molecular formula is C21H19N7S. The maximum absolute atomic E-state index is 4.73. The Morgan fingerprint density at radius 3 is 2.90 bits per heavy atom. The predicted octanol–water partition coefficient (Wildman–Crippen LogP) is 4.58. The second-order valence-corrected chi connectivity index (χ2v) is 7.83. The quantitative estimate of drug-likeness (QED) is 0.501. The minimum Gasteiger partial charge on any atom is -0.275 e. The summed E-state index contributed by atoms with van der Waals surface area (Å²) >= 11 is 1.55. The van der Waals surface area contributed by atoms with Crippen molar-refractivity contribution in [2.24, 2.45) is 12.0 Å². The van der Waals surface area contributed by atoms with E-state index in [0.29, 0.717) is 5.65 Å². The van der Waals surface area contributed by atoms with Crippen LogP contribution in [0.2, 0.25) is 0 Å². The number of hydrogen-bond donors (Lipinski definition) is 0. The van der Waals surface area contributed by atoms with Gasteiger partial charge in [0.2, 0.25) is 5.16 Å². The molecule has 0 aliphatic carbocycles. The van der Waals surface area contributed by atoms with Crippen LogP contribution in [0, 0.1) is 0 Å². The molecule has 0 N–H and O–H groups in total. The standard InChI is InChI=1S/C21H19N7S/c1-3-14-5-4-10-22-19-7-6-16(11-17(14)19)29-21-25-24-20-9-8-18(26-28(20)21)15-12-23-27(2)13-15/h5-13H,3-4H2,1-2H3. The van der Waals surface area contributed by atoms with E-state index in [4.69, 9.17) is 5.10 Å². The van der Waals surface area contributed by atoms with Crippen LogP contribution in [-0.2, 0) is 7.05 Å². The molecule has 4 heterocycles. The van der Waals surface area contributed by atoms with Crippen LogP contribution in [0.25, 0.3) is 22.5 Å². The average Bonchev–Trinajstić information content (AvgIpc) is 3.28. The molecule has 5 rings (SSSR count). The third-order valence-electron chi connectivity index (χ3n) is 4.84. The molecule has 0 unspecified atom stereocenters. The first kappa shape index (κ1) is 17.8. The topological polar surface area (TPSA) is 73.3 Å². The summed E-state index contributed by atoms with van der Waals surface area (Å²) in [6.45, 7) is 2.18. The van der Waals surface area contributed by atoms with Crippen LogP contribution >= 0.6 is 11.8 Å². The summed E-state index contributed by atoms with van der Waals surface area (Å²) < 4.78 is 3.55. The van der Waals surface area contributed by atoms with Gasteiger partial charge >= 0.3 is 0 Å². The fourth-order valence-corrected chi connectivity index (χ4v) is 4.21. The van der Waals surface area contributed by atoms with Crippen LogP contribution in [0.3, 0.4) is 0 Å². The summed E-state index contributed by atoms with van der Waals surface area (Å²) in [5.74, 6) is 0. The fourth-order valence-electron chi connectivity index (χ4n) is 3.38. The molecule has 1 aliphatic rings. The van der Waals surface area contributed by atoms with E-state index >= 15 is 0 Å². The summed E-state index contributed by atoms with van der Waals surface area (Å²) in [7, 11) is 1.89. The molecule has 29 heavy (non-hydrogen) atoms. The minimum absolute atomic E-state index is 0.716. The van der Waals surface area contributed by atoms with Gasteiger partial charge in [-0.3, -0.25) is 9.67 Å². The van der Waals surface area contributed by atoms with E-state index in [-0.39, 0.29) is 0 Å². The Balaban J connectivity index is 1.52. The molecule has 0 saturated heterocycles. The van der Waals surface area contributed by atoms with Gasteiger partial charge in [0.1, 0.15) is 0 Å². The highest BCUT2D eigenvalue weighted by Gasteiger charge is 2.14. The number of allylic oxidation sites excluding steroid dienone is 2. The number of benzene rings is 1. The molecular weight excluding hydrogens is 382 g/mol. The maximum Gasteiger partial charge on any atom is 0.217 e. The molecule has 4 aromatic rings. The lowest BCUT2D eigenvalue weighted by atomic mass is 10.0. The molecule has 144 valence electrons. The number of rotatable bonds is 4. The molecule has 0 amide bonds. The summed E-state index contributed by atoms with van der Waals surface area (Å²) in [5, 5.41) is 18.3. The Morgan fingerprint density at radius 1 is 1.14 bits per heavy atom. The van der Waals surface area contributed by atoms with E-state index in [0.717, 1.165) is 39.8 Å². The normalized spacial score (nSPS) is 13.4. The van der Waals surface area contributed by atoms with Crippen molar-refractivity contribution in [1.29, 1.82) is 0 Å². The molecule has 0 saturated carbocycles. The summed E-state index contributed by atoms with van der Waals surface area (Å²) in [6, 6.07) is 10.2. The van der Waals surface area contributed by atoms with Gasteiger partial charge in [0.25, 0.3) is 0 Å². The molecule has 0 bridgehead atoms. The van der Waals surface area contributed by atoms with Crippen molar-refractivity contribution in [3.05, 3.63) is 54.4 Å². The monoisotopic (exact) mass is 401 g/mol. The van der Waals surface area contributed by atoms with Crippen molar-refractivity contribution >= 4 is 34.9 Å². The van der Waals surface area contributed by atoms with Gasteiger partial charge in [0.15, 0.2) is 5.65 Å². The second kappa shape index (κ2) is 7.29. The van der Waals surface area contributed by atoms with Crippen LogP contribution < -0.4 is 0 Å². The van der Waals surface area contributed by atoms with Gasteiger partial charge in [0.05, 0.1) is 17.6 Å². The van der Waals surface area contributed by atoms with Crippen LogP contribution in [0.15, 0.2) is 63.8 Å². The van der Waals surface area contributed by atoms with E-state index in [1.54, 1.807) is 27.2 Å². The van der Waals surface area contributed by atoms with Gasteiger partial charge in [-0.1, -0.05) is 13.0 Å². The van der Waals surface area contributed by atoms with Crippen molar-refractivity contribution in [2.75, 3.05) is 0 Å². The van der Waals surface area contributed by atoms with E-state index in [2.05, 4.69) is 51.5 Å². The number of aliphatic imine (C=N–C) groups is 1. The Hall–Kier alpha value is -3.26. The predicted molar refractivity (Wildman–Crippen MR) is 115 cm³/mol. The average molecular weight is 401 g/mol. The van der Waals surface area contributed by atoms with Crippen molar-refractivity contribution in [1.82, 2.24) is 29.6 Å². The third-order valence-corrected chi connectivity index (χ3v) is 5.77. The third kappa shape index (κ3) is 3.36. The van der Waals surface area contributed by atoms with Gasteiger partial charge in [-0.15, -0.1) is 10.2 Å². The fraction of sp³-hybridized carbons (Fsp3) is 0.190. The maximum atomic E-state index is 4.73. The van der Waals surface area contributed by atoms with Gasteiger partial charge in [0, 0.05) is 41.9 Å². The first-order valence-electron chi connectivity index (χ1n) is 9.46. The highest BCUT2D eigenvalue weighted by molar-refractivity contribution is 7.99. The summed E-state index contributed by atoms with van der Waals surface area (Å²) in [5.41, 5.74) is 6.03. The smallest absolute Gasteiger partial charge is 0.217 e. The van der Waals surface area contributed by atoms with Gasteiger partial charge < -0.3 is 0 Å². The van der Waals surface area contributed by atoms with Crippen LogP contribution in [0.1, 0.15) is 25.3 Å². The number of fused-ring (bicyclic) bond motifs is 2. The van der Waals surface area contributed by atoms with Gasteiger partial charge in [-0.2, -0.15) is 14.7 Å². The number of aromatic nitrogens is 6. The Bertz CT molecular complexity index is 1270. The van der Waals surface area contributed by atoms with E-state index < -0.39 is 0 Å². The Morgan fingerprint density at radius 2 is 2.07 bits per heavy atom. The summed E-state index contributed by atoms with van der Waals surface area (Å²) in [4.78, 5) is 5.67. The first-order chi connectivity index (χ1) is 14.2. The minimum atomic E-state index is 0.716. The number of hydrogen-bond acceptors (Lipinski definition) is 6. The zero-order chi connectivity index (χ0) is 19.8. The van der Waals surface area contributed by atoms with E-state index in [1.807, 2.05) is 31.6 Å². The van der Waals surface area contributed by atoms with Crippen LogP contribution in [-0.4, -0.2) is 35.8 Å². The van der Waals surface area contributed by atoms with Crippen LogP contribution in [0.5, 0.6) is 0 Å². The molecule has 0 atom stereocenters. The SMILES string of the molecule is CCC1=CCC=Nc2ccc(Sc3nnc4ccc(-c5cnn(C)c5)nn34)cc21. The number of nitrogens with zero attached hydrogens (tertiary/aromatic N) is 7. The highest BCUT2D eigenvalue weighted by Crippen LogP contribution is 2.36. The number of aryl methyl sites for hydroxylation is 1. The zero-order valence-electron chi connectivity index (χ0n) is 16.1. The Labute approximate surface area is 172 Å². The van der Waals surface area contributed by atoms with Gasteiger partial charge in [-0.05, 0) is 54.1 Å². The van der Waals surface area contributed by atoms with Gasteiger partial charge in [-0.25, -0.2) is 0 Å². The summed E-state index contributed by atoms with van der Waals surface area (Å²) in [6.07, 6.45) is 9.81. The zero-order valence-corrected chi connectivity index (χ0v) is 17.0. The van der Waals surface area contributed by atoms with Crippen molar-refractivity contribution in [3.8, 4) is 11.3 Å². The molecule has 8 heteroatoms. The lowest BCUT2D eigenvalue weighted by molar-refractivity contribution is 0.767. The first-order valence-corrected chi connectivity index (χ1v) is 10.3. The lowest BCUT2D eigenvalue weighted by Gasteiger charge is -2.09. The molecule has 7 nitrogen and oxygen atoms in total. The lowest BCUT2D eigenvalue weighted by Crippen LogP contribution is -1.96. The van der Waals surface area contributed by atoms with Crippen molar-refractivity contribution < 1.29 is 0 Å². The molecule has 0 spiro atoms. The second-order valence-electron chi connectivity index (χ2n) is 6.79. The molecule has 3 aromatic heterocycles. The van der Waals surface area contributed by atoms with E-state index in [1.165, 1.54) is 11.1 Å². The molecule has 1 aromatic carbocycles.